The summed E-state index contributed by atoms with van der Waals surface area (Å²) >= 11 is 0. The van der Waals surface area contributed by atoms with E-state index in [-0.39, 0.29) is 16.4 Å². The van der Waals surface area contributed by atoms with E-state index in [0.29, 0.717) is 11.4 Å². The van der Waals surface area contributed by atoms with Gasteiger partial charge in [0.2, 0.25) is 0 Å². The molecule has 0 aliphatic carbocycles. The lowest BCUT2D eigenvalue weighted by molar-refractivity contribution is 0.102. The minimum absolute atomic E-state index is 0.0515. The number of hydrogen-bond acceptors (Lipinski definition) is 4. The number of fused-ring (bicyclic) bond motifs is 1. The van der Waals surface area contributed by atoms with Gasteiger partial charge in [-0.1, -0.05) is 36.4 Å². The normalized spacial score (nSPS) is 13.2. The third kappa shape index (κ3) is 4.70. The van der Waals surface area contributed by atoms with Crippen LogP contribution in [0.25, 0.3) is 11.3 Å². The summed E-state index contributed by atoms with van der Waals surface area (Å²) in [5.74, 6) is 0.742. The van der Waals surface area contributed by atoms with Crippen LogP contribution in [-0.2, 0) is 23.0 Å². The lowest BCUT2D eigenvalue weighted by Gasteiger charge is -2.19. The minimum Gasteiger partial charge on any atom is -0.334 e. The number of aromatic nitrogens is 2. The first-order valence-electron chi connectivity index (χ1n) is 11.5. The number of carbonyl (C=O) groups excluding carboxylic acids is 1. The standard InChI is InChI=1S/C27H26N4O3S/c1-30(23-9-3-2-4-10-23)35(33,34)24-11-7-8-21(18-24)27(32)28-22-15-13-20(14-16-22)25-19-31-17-6-5-12-26(31)29-25/h2-4,7-11,13-16,18-19H,5-6,12,17H2,1H3,(H,28,32). The summed E-state index contributed by atoms with van der Waals surface area (Å²) < 4.78 is 29.6. The molecule has 8 heteroatoms. The van der Waals surface area contributed by atoms with Crippen molar-refractivity contribution in [1.82, 2.24) is 9.55 Å². The van der Waals surface area contributed by atoms with Crippen LogP contribution in [0.1, 0.15) is 29.0 Å². The zero-order chi connectivity index (χ0) is 24.4. The molecule has 1 amide bonds. The molecule has 1 N–H and O–H groups in total. The number of rotatable bonds is 6. The fourth-order valence-corrected chi connectivity index (χ4v) is 5.45. The van der Waals surface area contributed by atoms with Gasteiger partial charge in [0, 0.05) is 43.0 Å². The largest absolute Gasteiger partial charge is 0.334 e. The fraction of sp³-hybridized carbons (Fsp3) is 0.185. The van der Waals surface area contributed by atoms with Crippen LogP contribution in [-0.4, -0.2) is 30.9 Å². The number of benzene rings is 3. The number of nitrogens with zero attached hydrogens (tertiary/aromatic N) is 3. The molecule has 1 aliphatic rings. The molecule has 1 aromatic heterocycles. The first-order chi connectivity index (χ1) is 16.9. The molecule has 178 valence electrons. The van der Waals surface area contributed by atoms with Crippen molar-refractivity contribution in [3.63, 3.8) is 0 Å². The van der Waals surface area contributed by atoms with Gasteiger partial charge in [-0.3, -0.25) is 9.10 Å². The van der Waals surface area contributed by atoms with Gasteiger partial charge in [0.05, 0.1) is 16.3 Å². The first-order valence-corrected chi connectivity index (χ1v) is 13.0. The summed E-state index contributed by atoms with van der Waals surface area (Å²) in [6.45, 7) is 1.01. The Bertz CT molecular complexity index is 1440. The topological polar surface area (TPSA) is 84.3 Å². The molecule has 3 aromatic carbocycles. The Balaban J connectivity index is 1.31. The highest BCUT2D eigenvalue weighted by atomic mass is 32.2. The highest BCUT2D eigenvalue weighted by Crippen LogP contribution is 2.25. The van der Waals surface area contributed by atoms with Crippen LogP contribution in [0.15, 0.2) is 90.0 Å². The van der Waals surface area contributed by atoms with Gasteiger partial charge in [-0.25, -0.2) is 13.4 Å². The summed E-state index contributed by atoms with van der Waals surface area (Å²) in [5, 5.41) is 2.85. The van der Waals surface area contributed by atoms with E-state index >= 15 is 0 Å². The fourth-order valence-electron chi connectivity index (χ4n) is 4.21. The molecule has 0 saturated heterocycles. The van der Waals surface area contributed by atoms with Crippen molar-refractivity contribution >= 4 is 27.3 Å². The van der Waals surface area contributed by atoms with Crippen LogP contribution in [0.3, 0.4) is 0 Å². The molecular formula is C27H26N4O3S. The Morgan fingerprint density at radius 1 is 0.971 bits per heavy atom. The molecule has 2 heterocycles. The average molecular weight is 487 g/mol. The van der Waals surface area contributed by atoms with Gasteiger partial charge in [-0.15, -0.1) is 0 Å². The number of hydrogen-bond donors (Lipinski definition) is 1. The van der Waals surface area contributed by atoms with E-state index in [0.717, 1.165) is 30.0 Å². The lowest BCUT2D eigenvalue weighted by Crippen LogP contribution is -2.26. The summed E-state index contributed by atoms with van der Waals surface area (Å²) in [6, 6.07) is 22.4. The highest BCUT2D eigenvalue weighted by Gasteiger charge is 2.22. The summed E-state index contributed by atoms with van der Waals surface area (Å²) in [4.78, 5) is 17.7. The molecule has 35 heavy (non-hydrogen) atoms. The Hall–Kier alpha value is -3.91. The van der Waals surface area contributed by atoms with Crippen molar-refractivity contribution in [2.45, 2.75) is 30.7 Å². The summed E-state index contributed by atoms with van der Waals surface area (Å²) in [7, 11) is -2.32. The van der Waals surface area contributed by atoms with Crippen molar-refractivity contribution in [3.8, 4) is 11.3 Å². The molecular weight excluding hydrogens is 460 g/mol. The molecule has 4 aromatic rings. The molecule has 1 aliphatic heterocycles. The van der Waals surface area contributed by atoms with E-state index in [2.05, 4.69) is 16.1 Å². The quantitative estimate of drug-likeness (QED) is 0.417. The number of nitrogens with one attached hydrogen (secondary N) is 1. The maximum atomic E-state index is 13.1. The third-order valence-corrected chi connectivity index (χ3v) is 8.00. The molecule has 5 rings (SSSR count). The smallest absolute Gasteiger partial charge is 0.264 e. The molecule has 0 radical (unpaired) electrons. The number of sulfonamides is 1. The average Bonchev–Trinajstić information content (AvgIpc) is 3.33. The van der Waals surface area contributed by atoms with Crippen LogP contribution in [0, 0.1) is 0 Å². The van der Waals surface area contributed by atoms with E-state index in [1.807, 2.05) is 30.3 Å². The van der Waals surface area contributed by atoms with Gasteiger partial charge < -0.3 is 9.88 Å². The van der Waals surface area contributed by atoms with Crippen molar-refractivity contribution in [1.29, 1.82) is 0 Å². The molecule has 0 atom stereocenters. The zero-order valence-corrected chi connectivity index (χ0v) is 20.2. The molecule has 0 fully saturated rings. The van der Waals surface area contributed by atoms with Crippen molar-refractivity contribution < 1.29 is 13.2 Å². The Kier molecular flexibility index (Phi) is 6.13. The highest BCUT2D eigenvalue weighted by molar-refractivity contribution is 7.92. The molecule has 0 unspecified atom stereocenters. The molecule has 0 bridgehead atoms. The van der Waals surface area contributed by atoms with E-state index in [4.69, 9.17) is 4.98 Å². The van der Waals surface area contributed by atoms with Crippen LogP contribution in [0.2, 0.25) is 0 Å². The number of aryl methyl sites for hydroxylation is 2. The van der Waals surface area contributed by atoms with Crippen LogP contribution in [0.5, 0.6) is 0 Å². The Morgan fingerprint density at radius 3 is 2.49 bits per heavy atom. The van der Waals surface area contributed by atoms with Gasteiger partial charge in [-0.05, 0) is 55.3 Å². The van der Waals surface area contributed by atoms with Crippen molar-refractivity contribution in [2.75, 3.05) is 16.7 Å². The number of imidazole rings is 1. The van der Waals surface area contributed by atoms with E-state index in [1.54, 1.807) is 36.4 Å². The zero-order valence-electron chi connectivity index (χ0n) is 19.4. The van der Waals surface area contributed by atoms with Gasteiger partial charge in [0.1, 0.15) is 5.82 Å². The number of carbonyl (C=O) groups is 1. The predicted molar refractivity (Wildman–Crippen MR) is 137 cm³/mol. The number of anilines is 2. The molecule has 0 spiro atoms. The lowest BCUT2D eigenvalue weighted by atomic mass is 10.1. The van der Waals surface area contributed by atoms with Crippen LogP contribution < -0.4 is 9.62 Å². The Labute approximate surface area is 205 Å². The van der Waals surface area contributed by atoms with Gasteiger partial charge in [-0.2, -0.15) is 0 Å². The second-order valence-electron chi connectivity index (χ2n) is 8.56. The maximum absolute atomic E-state index is 13.1. The number of amides is 1. The second kappa shape index (κ2) is 9.38. The summed E-state index contributed by atoms with van der Waals surface area (Å²) in [6.07, 6.45) is 5.44. The maximum Gasteiger partial charge on any atom is 0.264 e. The van der Waals surface area contributed by atoms with Crippen molar-refractivity contribution in [2.24, 2.45) is 0 Å². The van der Waals surface area contributed by atoms with Crippen molar-refractivity contribution in [3.05, 3.63) is 96.4 Å². The summed E-state index contributed by atoms with van der Waals surface area (Å²) in [5.41, 5.74) is 3.35. The monoisotopic (exact) mass is 486 g/mol. The van der Waals surface area contributed by atoms with Gasteiger partial charge in [0.25, 0.3) is 15.9 Å². The van der Waals surface area contributed by atoms with Gasteiger partial charge in [0.15, 0.2) is 0 Å². The van der Waals surface area contributed by atoms with Crippen LogP contribution >= 0.6 is 0 Å². The third-order valence-electron chi connectivity index (χ3n) is 6.22. The van der Waals surface area contributed by atoms with E-state index < -0.39 is 10.0 Å². The van der Waals surface area contributed by atoms with Gasteiger partial charge >= 0.3 is 0 Å². The molecule has 0 saturated carbocycles. The second-order valence-corrected chi connectivity index (χ2v) is 10.5. The SMILES string of the molecule is CN(c1ccccc1)S(=O)(=O)c1cccc(C(=O)Nc2ccc(-c3cn4c(n3)CCCC4)cc2)c1. The minimum atomic E-state index is -3.81. The Morgan fingerprint density at radius 2 is 1.74 bits per heavy atom. The number of para-hydroxylation sites is 1. The predicted octanol–water partition coefficient (Wildman–Crippen LogP) is 4.96. The van der Waals surface area contributed by atoms with E-state index in [9.17, 15) is 13.2 Å². The van der Waals surface area contributed by atoms with Crippen LogP contribution in [0.4, 0.5) is 11.4 Å². The molecule has 7 nitrogen and oxygen atoms in total. The first kappa shape index (κ1) is 22.9. The van der Waals surface area contributed by atoms with E-state index in [1.165, 1.54) is 36.3 Å².